The van der Waals surface area contributed by atoms with Crippen molar-refractivity contribution >= 4 is 5.70 Å². The van der Waals surface area contributed by atoms with Crippen molar-refractivity contribution in [1.29, 1.82) is 5.26 Å². The quantitative estimate of drug-likeness (QED) is 0.889. The SMILES string of the molecule is CC1(C)C=C(n2cc(CO)c(CO)cc2=O)c2cc(C#N)ccc2O1. The van der Waals surface area contributed by atoms with Crippen LogP contribution in [0.25, 0.3) is 5.70 Å². The third-order valence-corrected chi connectivity index (χ3v) is 4.07. The predicted octanol–water partition coefficient (Wildman–Crippen LogP) is 1.76. The molecule has 1 aliphatic heterocycles. The van der Waals surface area contributed by atoms with E-state index in [0.717, 1.165) is 0 Å². The van der Waals surface area contributed by atoms with Crippen molar-refractivity contribution in [3.8, 4) is 11.8 Å². The van der Waals surface area contributed by atoms with E-state index in [0.29, 0.717) is 33.7 Å². The molecule has 1 aromatic heterocycles. The third kappa shape index (κ3) is 3.07. The first-order valence-corrected chi connectivity index (χ1v) is 7.81. The van der Waals surface area contributed by atoms with Crippen LogP contribution in [0.4, 0.5) is 0 Å². The summed E-state index contributed by atoms with van der Waals surface area (Å²) in [6.07, 6.45) is 3.32. The second-order valence-corrected chi connectivity index (χ2v) is 6.41. The van der Waals surface area contributed by atoms with Gasteiger partial charge in [0.2, 0.25) is 0 Å². The molecule has 6 nitrogen and oxygen atoms in total. The Kier molecular flexibility index (Phi) is 4.21. The minimum Gasteiger partial charge on any atom is -0.483 e. The molecule has 2 aromatic rings. The largest absolute Gasteiger partial charge is 0.483 e. The predicted molar refractivity (Wildman–Crippen MR) is 91.8 cm³/mol. The van der Waals surface area contributed by atoms with E-state index in [2.05, 4.69) is 6.07 Å². The van der Waals surface area contributed by atoms with Gasteiger partial charge < -0.3 is 14.9 Å². The van der Waals surface area contributed by atoms with Crippen molar-refractivity contribution in [3.63, 3.8) is 0 Å². The first-order chi connectivity index (χ1) is 11.9. The molecule has 0 aliphatic carbocycles. The lowest BCUT2D eigenvalue weighted by molar-refractivity contribution is 0.157. The number of hydrogen-bond acceptors (Lipinski definition) is 5. The van der Waals surface area contributed by atoms with E-state index in [-0.39, 0.29) is 18.8 Å². The number of aliphatic hydroxyl groups is 2. The van der Waals surface area contributed by atoms with E-state index < -0.39 is 5.60 Å². The van der Waals surface area contributed by atoms with Crippen molar-refractivity contribution in [2.75, 3.05) is 0 Å². The second kappa shape index (κ2) is 6.20. The van der Waals surface area contributed by atoms with Crippen LogP contribution < -0.4 is 10.3 Å². The van der Waals surface area contributed by atoms with Crippen molar-refractivity contribution in [2.24, 2.45) is 0 Å². The molecule has 0 bridgehead atoms. The molecular weight excluding hydrogens is 320 g/mol. The molecule has 0 atom stereocenters. The van der Waals surface area contributed by atoms with Crippen molar-refractivity contribution < 1.29 is 14.9 Å². The molecule has 6 heteroatoms. The third-order valence-electron chi connectivity index (χ3n) is 4.07. The van der Waals surface area contributed by atoms with Gasteiger partial charge in [-0.2, -0.15) is 5.26 Å². The number of pyridine rings is 1. The van der Waals surface area contributed by atoms with Crippen LogP contribution in [-0.4, -0.2) is 20.4 Å². The Balaban J connectivity index is 2.28. The van der Waals surface area contributed by atoms with Crippen LogP contribution in [0, 0.1) is 11.3 Å². The topological polar surface area (TPSA) is 95.5 Å². The van der Waals surface area contributed by atoms with E-state index >= 15 is 0 Å². The summed E-state index contributed by atoms with van der Waals surface area (Å²) >= 11 is 0. The van der Waals surface area contributed by atoms with Crippen molar-refractivity contribution in [1.82, 2.24) is 4.57 Å². The Hall–Kier alpha value is -2.88. The number of benzene rings is 1. The Morgan fingerprint density at radius 1 is 1.20 bits per heavy atom. The zero-order valence-electron chi connectivity index (χ0n) is 14.0. The number of nitrogens with zero attached hydrogens (tertiary/aromatic N) is 2. The molecule has 2 N–H and O–H groups in total. The first kappa shape index (κ1) is 17.0. The standard InChI is InChI=1S/C19H18N2O4/c1-19(2)7-16(15-5-12(8-20)3-4-17(15)25-19)21-9-14(11-23)13(10-22)6-18(21)24/h3-7,9,22-23H,10-11H2,1-2H3. The molecule has 3 rings (SSSR count). The molecule has 0 fully saturated rings. The van der Waals surface area contributed by atoms with Crippen molar-refractivity contribution in [3.05, 3.63) is 69.1 Å². The van der Waals surface area contributed by atoms with E-state index in [1.807, 2.05) is 13.8 Å². The van der Waals surface area contributed by atoms with Gasteiger partial charge in [-0.25, -0.2) is 0 Å². The van der Waals surface area contributed by atoms with E-state index in [1.165, 1.54) is 16.8 Å². The number of rotatable bonds is 3. The zero-order valence-corrected chi connectivity index (χ0v) is 14.0. The number of fused-ring (bicyclic) bond motifs is 1. The summed E-state index contributed by atoms with van der Waals surface area (Å²) < 4.78 is 7.33. The summed E-state index contributed by atoms with van der Waals surface area (Å²) in [5.41, 5.74) is 1.53. The highest BCUT2D eigenvalue weighted by Gasteiger charge is 2.28. The molecule has 0 saturated heterocycles. The molecule has 0 spiro atoms. The summed E-state index contributed by atoms with van der Waals surface area (Å²) in [6, 6.07) is 8.43. The maximum absolute atomic E-state index is 12.6. The van der Waals surface area contributed by atoms with Crippen LogP contribution in [0.15, 0.2) is 41.3 Å². The van der Waals surface area contributed by atoms with Crippen molar-refractivity contribution in [2.45, 2.75) is 32.7 Å². The molecule has 0 amide bonds. The monoisotopic (exact) mass is 338 g/mol. The number of nitriles is 1. The van der Waals surface area contributed by atoms with Gasteiger partial charge in [-0.1, -0.05) is 0 Å². The van der Waals surface area contributed by atoms with Gasteiger partial charge in [0.15, 0.2) is 0 Å². The van der Waals surface area contributed by atoms with Gasteiger partial charge in [-0.3, -0.25) is 9.36 Å². The Morgan fingerprint density at radius 3 is 2.56 bits per heavy atom. The summed E-state index contributed by atoms with van der Waals surface area (Å²) in [5, 5.41) is 28.0. The second-order valence-electron chi connectivity index (χ2n) is 6.41. The van der Waals surface area contributed by atoms with E-state index in [4.69, 9.17) is 10.00 Å². The highest BCUT2D eigenvalue weighted by molar-refractivity contribution is 5.74. The normalized spacial score (nSPS) is 14.9. The minimum atomic E-state index is -0.648. The minimum absolute atomic E-state index is 0.297. The Morgan fingerprint density at radius 2 is 1.92 bits per heavy atom. The van der Waals surface area contributed by atoms with E-state index in [1.54, 1.807) is 24.3 Å². The molecule has 1 aliphatic rings. The fraction of sp³-hybridized carbons (Fsp3) is 0.263. The number of hydrogen-bond donors (Lipinski definition) is 2. The number of ether oxygens (including phenoxy) is 1. The van der Waals surface area contributed by atoms with Crippen LogP contribution in [0.5, 0.6) is 5.75 Å². The average Bonchev–Trinajstić information content (AvgIpc) is 2.59. The number of aromatic nitrogens is 1. The zero-order chi connectivity index (χ0) is 18.2. The first-order valence-electron chi connectivity index (χ1n) is 7.81. The fourth-order valence-electron chi connectivity index (χ4n) is 2.90. The smallest absolute Gasteiger partial charge is 0.255 e. The van der Waals surface area contributed by atoms with Crippen LogP contribution in [0.1, 0.15) is 36.1 Å². The van der Waals surface area contributed by atoms with Gasteiger partial charge in [0.05, 0.1) is 30.5 Å². The number of aliphatic hydroxyl groups excluding tert-OH is 2. The summed E-state index contributed by atoms with van der Waals surface area (Å²) in [7, 11) is 0. The fourth-order valence-corrected chi connectivity index (χ4v) is 2.90. The summed E-state index contributed by atoms with van der Waals surface area (Å²) in [5.74, 6) is 0.574. The lowest BCUT2D eigenvalue weighted by Gasteiger charge is -2.31. The summed E-state index contributed by atoms with van der Waals surface area (Å²) in [6.45, 7) is 3.12. The lowest BCUT2D eigenvalue weighted by Crippen LogP contribution is -2.32. The molecule has 1 aromatic carbocycles. The Bertz CT molecular complexity index is 964. The van der Waals surface area contributed by atoms with Gasteiger partial charge in [0, 0.05) is 17.8 Å². The van der Waals surface area contributed by atoms with Crippen LogP contribution in [0.2, 0.25) is 0 Å². The summed E-state index contributed by atoms with van der Waals surface area (Å²) in [4.78, 5) is 12.6. The molecule has 25 heavy (non-hydrogen) atoms. The van der Waals surface area contributed by atoms with Gasteiger partial charge in [-0.15, -0.1) is 0 Å². The molecule has 0 saturated carbocycles. The molecule has 128 valence electrons. The van der Waals surface area contributed by atoms with Gasteiger partial charge in [-0.05, 0) is 49.2 Å². The van der Waals surface area contributed by atoms with Crippen LogP contribution in [-0.2, 0) is 13.2 Å². The molecular formula is C19H18N2O4. The van der Waals surface area contributed by atoms with Gasteiger partial charge in [0.25, 0.3) is 5.56 Å². The van der Waals surface area contributed by atoms with Crippen LogP contribution in [0.3, 0.4) is 0 Å². The van der Waals surface area contributed by atoms with Gasteiger partial charge >= 0.3 is 0 Å². The molecule has 0 radical (unpaired) electrons. The Labute approximate surface area is 144 Å². The molecule has 0 unspecified atom stereocenters. The molecule has 2 heterocycles. The highest BCUT2D eigenvalue weighted by atomic mass is 16.5. The maximum atomic E-state index is 12.6. The van der Waals surface area contributed by atoms with E-state index in [9.17, 15) is 15.0 Å². The lowest BCUT2D eigenvalue weighted by atomic mass is 9.97. The maximum Gasteiger partial charge on any atom is 0.255 e. The highest BCUT2D eigenvalue weighted by Crippen LogP contribution is 2.37. The van der Waals surface area contributed by atoms with Crippen LogP contribution >= 0.6 is 0 Å². The average molecular weight is 338 g/mol. The van der Waals surface area contributed by atoms with Gasteiger partial charge in [0.1, 0.15) is 11.4 Å².